The van der Waals surface area contributed by atoms with Crippen LogP contribution in [0.15, 0.2) is 30.3 Å². The molecule has 1 N–H and O–H groups in total. The maximum atomic E-state index is 10.7. The second kappa shape index (κ2) is 3.89. The van der Waals surface area contributed by atoms with Gasteiger partial charge in [-0.15, -0.1) is 0 Å². The molecule has 15 heavy (non-hydrogen) atoms. The molecule has 1 aromatic carbocycles. The number of benzene rings is 1. The summed E-state index contributed by atoms with van der Waals surface area (Å²) in [4.78, 5) is 10.7. The molecule has 2 nitrogen and oxygen atoms in total. The van der Waals surface area contributed by atoms with Crippen molar-refractivity contribution in [2.75, 3.05) is 0 Å². The summed E-state index contributed by atoms with van der Waals surface area (Å²) < 4.78 is 0. The number of allylic oxidation sites excluding steroid dienone is 1. The Bertz CT molecular complexity index is 418. The highest BCUT2D eigenvalue weighted by Crippen LogP contribution is 2.38. The van der Waals surface area contributed by atoms with Crippen molar-refractivity contribution >= 4 is 11.5 Å². The number of carbonyl (C=O) groups is 1. The molecule has 1 aliphatic carbocycles. The van der Waals surface area contributed by atoms with Gasteiger partial charge in [-0.2, -0.15) is 0 Å². The van der Waals surface area contributed by atoms with Crippen molar-refractivity contribution in [3.63, 3.8) is 0 Å². The molecule has 2 heteroatoms. The minimum absolute atomic E-state index is 0.132. The number of fused-ring (bicyclic) bond motifs is 1. The summed E-state index contributed by atoms with van der Waals surface area (Å²) in [5, 5.41) is 8.82. The first-order valence-electron chi connectivity index (χ1n) is 5.24. The Labute approximate surface area is 89.2 Å². The van der Waals surface area contributed by atoms with Gasteiger partial charge in [0, 0.05) is 5.92 Å². The summed E-state index contributed by atoms with van der Waals surface area (Å²) in [5.41, 5.74) is 3.35. The van der Waals surface area contributed by atoms with E-state index in [1.165, 1.54) is 5.56 Å². The molecule has 0 saturated carbocycles. The smallest absolute Gasteiger partial charge is 0.307 e. The monoisotopic (exact) mass is 202 g/mol. The molecule has 1 unspecified atom stereocenters. The molecular formula is C13H14O2. The largest absolute Gasteiger partial charge is 0.481 e. The van der Waals surface area contributed by atoms with Crippen molar-refractivity contribution in [2.45, 2.75) is 25.7 Å². The number of aliphatic carboxylic acids is 1. The van der Waals surface area contributed by atoms with Crippen LogP contribution in [0.3, 0.4) is 0 Å². The lowest BCUT2D eigenvalue weighted by molar-refractivity contribution is -0.135. The van der Waals surface area contributed by atoms with Gasteiger partial charge in [0.1, 0.15) is 0 Å². The lowest BCUT2D eigenvalue weighted by Gasteiger charge is -2.06. The Balaban J connectivity index is 2.38. The zero-order valence-electron chi connectivity index (χ0n) is 8.73. The number of carboxylic acids is 1. The molecule has 0 amide bonds. The van der Waals surface area contributed by atoms with Gasteiger partial charge in [0.15, 0.2) is 0 Å². The van der Waals surface area contributed by atoms with Crippen LogP contribution in [0, 0.1) is 0 Å². The maximum Gasteiger partial charge on any atom is 0.307 e. The van der Waals surface area contributed by atoms with Crippen LogP contribution < -0.4 is 0 Å². The molecule has 0 bridgehead atoms. The molecule has 1 atom stereocenters. The van der Waals surface area contributed by atoms with E-state index in [0.717, 1.165) is 17.6 Å². The van der Waals surface area contributed by atoms with E-state index in [9.17, 15) is 4.79 Å². The van der Waals surface area contributed by atoms with Crippen molar-refractivity contribution in [1.82, 2.24) is 0 Å². The first-order chi connectivity index (χ1) is 7.22. The second-order valence-corrected chi connectivity index (χ2v) is 3.86. The number of carboxylic acid groups (broad SMARTS) is 1. The molecule has 0 aliphatic heterocycles. The Kier molecular flexibility index (Phi) is 2.58. The third kappa shape index (κ3) is 1.80. The van der Waals surface area contributed by atoms with E-state index >= 15 is 0 Å². The summed E-state index contributed by atoms with van der Waals surface area (Å²) in [6.07, 6.45) is 3.26. The van der Waals surface area contributed by atoms with Gasteiger partial charge in [-0.3, -0.25) is 4.79 Å². The molecule has 0 spiro atoms. The van der Waals surface area contributed by atoms with Crippen molar-refractivity contribution in [1.29, 1.82) is 0 Å². The Hall–Kier alpha value is -1.57. The van der Waals surface area contributed by atoms with Crippen LogP contribution in [0.25, 0.3) is 5.57 Å². The van der Waals surface area contributed by atoms with Crippen LogP contribution in [0.1, 0.15) is 36.8 Å². The van der Waals surface area contributed by atoms with Gasteiger partial charge in [-0.05, 0) is 23.1 Å². The normalized spacial score (nSPS) is 18.5. The van der Waals surface area contributed by atoms with Crippen molar-refractivity contribution in [3.8, 4) is 0 Å². The third-order valence-electron chi connectivity index (χ3n) is 2.89. The van der Waals surface area contributed by atoms with Gasteiger partial charge in [0.05, 0.1) is 6.42 Å². The lowest BCUT2D eigenvalue weighted by Crippen LogP contribution is -1.95. The molecule has 0 heterocycles. The average Bonchev–Trinajstić information content (AvgIpc) is 2.56. The SMILES string of the molecule is CCC1C=C(CC(=O)O)c2ccccc21. The maximum absolute atomic E-state index is 10.7. The highest BCUT2D eigenvalue weighted by atomic mass is 16.4. The fourth-order valence-electron chi connectivity index (χ4n) is 2.19. The summed E-state index contributed by atoms with van der Waals surface area (Å²) in [6.45, 7) is 2.13. The van der Waals surface area contributed by atoms with Crippen molar-refractivity contribution < 1.29 is 9.90 Å². The van der Waals surface area contributed by atoms with E-state index in [1.54, 1.807) is 0 Å². The first-order valence-corrected chi connectivity index (χ1v) is 5.24. The van der Waals surface area contributed by atoms with Crippen LogP contribution >= 0.6 is 0 Å². The van der Waals surface area contributed by atoms with Gasteiger partial charge in [-0.1, -0.05) is 37.3 Å². The molecular weight excluding hydrogens is 188 g/mol. The first kappa shape index (κ1) is 9.97. The fraction of sp³-hybridized carbons (Fsp3) is 0.308. The molecule has 0 radical (unpaired) electrons. The molecule has 1 aliphatic rings. The third-order valence-corrected chi connectivity index (χ3v) is 2.89. The number of hydrogen-bond acceptors (Lipinski definition) is 1. The van der Waals surface area contributed by atoms with E-state index in [-0.39, 0.29) is 6.42 Å². The predicted molar refractivity (Wildman–Crippen MR) is 59.7 cm³/mol. The lowest BCUT2D eigenvalue weighted by atomic mass is 9.98. The highest BCUT2D eigenvalue weighted by Gasteiger charge is 2.22. The summed E-state index contributed by atoms with van der Waals surface area (Å²) in [5.74, 6) is -0.358. The van der Waals surface area contributed by atoms with E-state index in [0.29, 0.717) is 5.92 Å². The standard InChI is InChI=1S/C13H14O2/c1-2-9-7-10(8-13(14)15)12-6-4-3-5-11(9)12/h3-7,9H,2,8H2,1H3,(H,14,15). The highest BCUT2D eigenvalue weighted by molar-refractivity contribution is 5.87. The minimum Gasteiger partial charge on any atom is -0.481 e. The molecule has 1 aromatic rings. The van der Waals surface area contributed by atoms with E-state index < -0.39 is 5.97 Å². The van der Waals surface area contributed by atoms with Crippen LogP contribution in [0.5, 0.6) is 0 Å². The topological polar surface area (TPSA) is 37.3 Å². The Morgan fingerprint density at radius 1 is 1.40 bits per heavy atom. The van der Waals surface area contributed by atoms with E-state index in [1.807, 2.05) is 18.2 Å². The Morgan fingerprint density at radius 2 is 2.13 bits per heavy atom. The quantitative estimate of drug-likeness (QED) is 0.817. The van der Waals surface area contributed by atoms with Crippen LogP contribution in [-0.4, -0.2) is 11.1 Å². The second-order valence-electron chi connectivity index (χ2n) is 3.86. The van der Waals surface area contributed by atoms with Gasteiger partial charge >= 0.3 is 5.97 Å². The fourth-order valence-corrected chi connectivity index (χ4v) is 2.19. The van der Waals surface area contributed by atoms with Gasteiger partial charge in [0.2, 0.25) is 0 Å². The van der Waals surface area contributed by atoms with Crippen LogP contribution in [0.2, 0.25) is 0 Å². The zero-order chi connectivity index (χ0) is 10.8. The van der Waals surface area contributed by atoms with E-state index in [4.69, 9.17) is 5.11 Å². The summed E-state index contributed by atoms with van der Waals surface area (Å²) >= 11 is 0. The van der Waals surface area contributed by atoms with E-state index in [2.05, 4.69) is 19.1 Å². The van der Waals surface area contributed by atoms with Gasteiger partial charge in [-0.25, -0.2) is 0 Å². The summed E-state index contributed by atoms with van der Waals surface area (Å²) in [6, 6.07) is 8.08. The zero-order valence-corrected chi connectivity index (χ0v) is 8.73. The van der Waals surface area contributed by atoms with Crippen LogP contribution in [-0.2, 0) is 4.79 Å². The van der Waals surface area contributed by atoms with Gasteiger partial charge < -0.3 is 5.11 Å². The van der Waals surface area contributed by atoms with Gasteiger partial charge in [0.25, 0.3) is 0 Å². The molecule has 0 fully saturated rings. The molecule has 0 aromatic heterocycles. The van der Waals surface area contributed by atoms with Crippen molar-refractivity contribution in [2.24, 2.45) is 0 Å². The number of hydrogen-bond donors (Lipinski definition) is 1. The Morgan fingerprint density at radius 3 is 2.80 bits per heavy atom. The molecule has 0 saturated heterocycles. The predicted octanol–water partition coefficient (Wildman–Crippen LogP) is 3.05. The minimum atomic E-state index is -0.757. The summed E-state index contributed by atoms with van der Waals surface area (Å²) in [7, 11) is 0. The molecule has 78 valence electrons. The van der Waals surface area contributed by atoms with Crippen LogP contribution in [0.4, 0.5) is 0 Å². The number of rotatable bonds is 3. The average molecular weight is 202 g/mol. The van der Waals surface area contributed by atoms with Crippen molar-refractivity contribution in [3.05, 3.63) is 41.5 Å². The molecule has 2 rings (SSSR count).